The SMILES string of the molecule is CNC(C)/C=C/c1cccc2cccnc12. The molecule has 1 unspecified atom stereocenters. The van der Waals surface area contributed by atoms with Crippen LogP contribution in [0.5, 0.6) is 0 Å². The smallest absolute Gasteiger partial charge is 0.0774 e. The van der Waals surface area contributed by atoms with Gasteiger partial charge < -0.3 is 5.32 Å². The number of likely N-dealkylation sites (N-methyl/N-ethyl adjacent to an activating group) is 1. The van der Waals surface area contributed by atoms with Gasteiger partial charge in [-0.15, -0.1) is 0 Å². The average Bonchev–Trinajstić information content (AvgIpc) is 2.35. The van der Waals surface area contributed by atoms with Crippen molar-refractivity contribution in [2.24, 2.45) is 0 Å². The van der Waals surface area contributed by atoms with Crippen LogP contribution in [-0.4, -0.2) is 18.1 Å². The van der Waals surface area contributed by atoms with E-state index in [2.05, 4.69) is 53.6 Å². The Morgan fingerprint density at radius 2 is 2.06 bits per heavy atom. The van der Waals surface area contributed by atoms with Crippen molar-refractivity contribution in [2.75, 3.05) is 7.05 Å². The van der Waals surface area contributed by atoms with Gasteiger partial charge in [-0.3, -0.25) is 4.98 Å². The Labute approximate surface area is 96.0 Å². The van der Waals surface area contributed by atoms with Crippen LogP contribution in [-0.2, 0) is 0 Å². The Bertz CT molecular complexity index is 498. The summed E-state index contributed by atoms with van der Waals surface area (Å²) >= 11 is 0. The zero-order valence-corrected chi connectivity index (χ0v) is 9.64. The normalized spacial score (nSPS) is 13.4. The maximum atomic E-state index is 4.41. The molecule has 0 aliphatic carbocycles. The molecule has 0 aliphatic rings. The van der Waals surface area contributed by atoms with Gasteiger partial charge in [-0.25, -0.2) is 0 Å². The molecule has 82 valence electrons. The number of aromatic nitrogens is 1. The van der Waals surface area contributed by atoms with Crippen molar-refractivity contribution in [2.45, 2.75) is 13.0 Å². The van der Waals surface area contributed by atoms with Crippen LogP contribution in [0.15, 0.2) is 42.6 Å². The van der Waals surface area contributed by atoms with Gasteiger partial charge in [0.25, 0.3) is 0 Å². The number of hydrogen-bond acceptors (Lipinski definition) is 2. The van der Waals surface area contributed by atoms with E-state index in [1.54, 1.807) is 0 Å². The highest BCUT2D eigenvalue weighted by molar-refractivity contribution is 5.86. The van der Waals surface area contributed by atoms with E-state index in [-0.39, 0.29) is 0 Å². The van der Waals surface area contributed by atoms with Crippen molar-refractivity contribution in [3.8, 4) is 0 Å². The van der Waals surface area contributed by atoms with Gasteiger partial charge in [0.2, 0.25) is 0 Å². The quantitative estimate of drug-likeness (QED) is 0.846. The summed E-state index contributed by atoms with van der Waals surface area (Å²) < 4.78 is 0. The van der Waals surface area contributed by atoms with Crippen molar-refractivity contribution < 1.29 is 0 Å². The lowest BCUT2D eigenvalue weighted by Crippen LogP contribution is -2.17. The third kappa shape index (κ3) is 2.28. The van der Waals surface area contributed by atoms with E-state index in [1.807, 2.05) is 19.3 Å². The molecule has 0 amide bonds. The molecule has 1 aromatic heterocycles. The van der Waals surface area contributed by atoms with Gasteiger partial charge in [0, 0.05) is 23.2 Å². The van der Waals surface area contributed by atoms with E-state index < -0.39 is 0 Å². The number of fused-ring (bicyclic) bond motifs is 1. The molecule has 1 atom stereocenters. The van der Waals surface area contributed by atoms with Gasteiger partial charge in [0.1, 0.15) is 0 Å². The molecule has 0 fully saturated rings. The molecule has 2 rings (SSSR count). The largest absolute Gasteiger partial charge is 0.314 e. The fourth-order valence-corrected chi connectivity index (χ4v) is 1.61. The molecular weight excluding hydrogens is 196 g/mol. The second-order valence-electron chi connectivity index (χ2n) is 3.86. The first-order valence-electron chi connectivity index (χ1n) is 5.50. The van der Waals surface area contributed by atoms with Gasteiger partial charge in [-0.1, -0.05) is 36.4 Å². The Morgan fingerprint density at radius 1 is 1.25 bits per heavy atom. The predicted octanol–water partition coefficient (Wildman–Crippen LogP) is 2.86. The highest BCUT2D eigenvalue weighted by Crippen LogP contribution is 2.17. The molecule has 0 radical (unpaired) electrons. The summed E-state index contributed by atoms with van der Waals surface area (Å²) in [4.78, 5) is 4.41. The maximum Gasteiger partial charge on any atom is 0.0774 e. The minimum Gasteiger partial charge on any atom is -0.314 e. The van der Waals surface area contributed by atoms with Crippen LogP contribution in [0.2, 0.25) is 0 Å². The first-order chi connectivity index (χ1) is 7.81. The van der Waals surface area contributed by atoms with Crippen molar-refractivity contribution in [3.63, 3.8) is 0 Å². The minimum absolute atomic E-state index is 0.374. The number of nitrogens with one attached hydrogen (secondary N) is 1. The zero-order valence-electron chi connectivity index (χ0n) is 9.64. The molecule has 0 aliphatic heterocycles. The van der Waals surface area contributed by atoms with E-state index in [1.165, 1.54) is 10.9 Å². The number of hydrogen-bond donors (Lipinski definition) is 1. The van der Waals surface area contributed by atoms with E-state index in [0.29, 0.717) is 6.04 Å². The van der Waals surface area contributed by atoms with E-state index in [9.17, 15) is 0 Å². The summed E-state index contributed by atoms with van der Waals surface area (Å²) in [7, 11) is 1.95. The first-order valence-corrected chi connectivity index (χ1v) is 5.50. The molecule has 0 bridgehead atoms. The molecule has 16 heavy (non-hydrogen) atoms. The lowest BCUT2D eigenvalue weighted by atomic mass is 10.1. The molecule has 2 nitrogen and oxygen atoms in total. The first kappa shape index (κ1) is 10.8. The number of nitrogens with zero attached hydrogens (tertiary/aromatic N) is 1. The highest BCUT2D eigenvalue weighted by Gasteiger charge is 1.98. The molecule has 0 saturated carbocycles. The summed E-state index contributed by atoms with van der Waals surface area (Å²) in [6.45, 7) is 2.12. The second-order valence-corrected chi connectivity index (χ2v) is 3.86. The van der Waals surface area contributed by atoms with Gasteiger partial charge in [0.15, 0.2) is 0 Å². The summed E-state index contributed by atoms with van der Waals surface area (Å²) in [5.41, 5.74) is 2.23. The van der Waals surface area contributed by atoms with Gasteiger partial charge in [-0.05, 0) is 20.0 Å². The van der Waals surface area contributed by atoms with Gasteiger partial charge in [-0.2, -0.15) is 0 Å². The van der Waals surface area contributed by atoms with Crippen LogP contribution in [0.3, 0.4) is 0 Å². The molecule has 1 heterocycles. The molecule has 2 heteroatoms. The average molecular weight is 212 g/mol. The number of pyridine rings is 1. The van der Waals surface area contributed by atoms with Crippen LogP contribution in [0.25, 0.3) is 17.0 Å². The summed E-state index contributed by atoms with van der Waals surface area (Å²) in [5, 5.41) is 4.36. The van der Waals surface area contributed by atoms with Crippen LogP contribution < -0.4 is 5.32 Å². The van der Waals surface area contributed by atoms with E-state index in [0.717, 1.165) is 5.52 Å². The number of para-hydroxylation sites is 1. The van der Waals surface area contributed by atoms with E-state index >= 15 is 0 Å². The molecule has 2 aromatic rings. The fraction of sp³-hybridized carbons (Fsp3) is 0.214. The molecule has 0 spiro atoms. The molecule has 1 aromatic carbocycles. The predicted molar refractivity (Wildman–Crippen MR) is 69.3 cm³/mol. The van der Waals surface area contributed by atoms with Crippen LogP contribution in [0, 0.1) is 0 Å². The van der Waals surface area contributed by atoms with Crippen molar-refractivity contribution in [3.05, 3.63) is 48.2 Å². The molecule has 1 N–H and O–H groups in total. The zero-order chi connectivity index (χ0) is 11.4. The Kier molecular flexibility index (Phi) is 3.32. The maximum absolute atomic E-state index is 4.41. The summed E-state index contributed by atoms with van der Waals surface area (Å²) in [6, 6.07) is 10.7. The van der Waals surface area contributed by atoms with Gasteiger partial charge in [0.05, 0.1) is 5.52 Å². The Hall–Kier alpha value is -1.67. The van der Waals surface area contributed by atoms with Crippen molar-refractivity contribution >= 4 is 17.0 Å². The fourth-order valence-electron chi connectivity index (χ4n) is 1.61. The molecular formula is C14H16N2. The third-order valence-corrected chi connectivity index (χ3v) is 2.68. The highest BCUT2D eigenvalue weighted by atomic mass is 14.8. The molecule has 0 saturated heterocycles. The number of rotatable bonds is 3. The summed E-state index contributed by atoms with van der Waals surface area (Å²) in [6.07, 6.45) is 6.10. The topological polar surface area (TPSA) is 24.9 Å². The van der Waals surface area contributed by atoms with Crippen molar-refractivity contribution in [1.82, 2.24) is 10.3 Å². The van der Waals surface area contributed by atoms with E-state index in [4.69, 9.17) is 0 Å². The lowest BCUT2D eigenvalue weighted by Gasteiger charge is -2.04. The number of benzene rings is 1. The van der Waals surface area contributed by atoms with Crippen LogP contribution in [0.1, 0.15) is 12.5 Å². The summed E-state index contributed by atoms with van der Waals surface area (Å²) in [5.74, 6) is 0. The van der Waals surface area contributed by atoms with Gasteiger partial charge >= 0.3 is 0 Å². The van der Waals surface area contributed by atoms with Crippen LogP contribution >= 0.6 is 0 Å². The minimum atomic E-state index is 0.374. The van der Waals surface area contributed by atoms with Crippen molar-refractivity contribution in [1.29, 1.82) is 0 Å². The monoisotopic (exact) mass is 212 g/mol. The lowest BCUT2D eigenvalue weighted by molar-refractivity contribution is 0.731. The van der Waals surface area contributed by atoms with Crippen LogP contribution in [0.4, 0.5) is 0 Å². The third-order valence-electron chi connectivity index (χ3n) is 2.68. The Morgan fingerprint density at radius 3 is 2.88 bits per heavy atom. The standard InChI is InChI=1S/C14H16N2/c1-11(15-2)8-9-13-6-3-5-12-7-4-10-16-14(12)13/h3-11,15H,1-2H3/b9-8+. The Balaban J connectivity index is 2.41. The second kappa shape index (κ2) is 4.90.